The van der Waals surface area contributed by atoms with Gasteiger partial charge in [0.25, 0.3) is 5.91 Å². The van der Waals surface area contributed by atoms with E-state index in [4.69, 9.17) is 4.74 Å². The van der Waals surface area contributed by atoms with Crippen molar-refractivity contribution in [3.8, 4) is 5.75 Å². The summed E-state index contributed by atoms with van der Waals surface area (Å²) in [6, 6.07) is 8.59. The monoisotopic (exact) mass is 306 g/mol. The lowest BCUT2D eigenvalue weighted by molar-refractivity contribution is -0.137. The summed E-state index contributed by atoms with van der Waals surface area (Å²) in [5.41, 5.74) is 0.748. The summed E-state index contributed by atoms with van der Waals surface area (Å²) >= 11 is 0. The van der Waals surface area contributed by atoms with Gasteiger partial charge in [0.1, 0.15) is 5.75 Å². The Kier molecular flexibility index (Phi) is 5.04. The zero-order valence-electron chi connectivity index (χ0n) is 12.3. The van der Waals surface area contributed by atoms with Crippen molar-refractivity contribution in [3.63, 3.8) is 0 Å². The molecule has 6 heteroatoms. The Morgan fingerprint density at radius 3 is 2.68 bits per heavy atom. The molecule has 0 aliphatic rings. The lowest BCUT2D eigenvalue weighted by Gasteiger charge is -2.22. The number of rotatable bonds is 5. The molecule has 1 amide bonds. The summed E-state index contributed by atoms with van der Waals surface area (Å²) in [6.07, 6.45) is 0.827. The second-order valence-corrected chi connectivity index (χ2v) is 4.85. The number of nitrogens with zero attached hydrogens (tertiary/aromatic N) is 2. The van der Waals surface area contributed by atoms with Crippen LogP contribution in [0, 0.1) is 11.6 Å². The quantitative estimate of drug-likeness (QED) is 0.853. The number of halogens is 2. The molecule has 0 saturated carbocycles. The summed E-state index contributed by atoms with van der Waals surface area (Å²) in [4.78, 5) is 17.8. The molecule has 1 atom stereocenters. The van der Waals surface area contributed by atoms with Gasteiger partial charge in [-0.25, -0.2) is 8.78 Å². The SMILES string of the molecule is C[C@@H](Oc1ccc(F)c(F)c1)C(=O)N(C)Cc1ccccn1. The van der Waals surface area contributed by atoms with Gasteiger partial charge in [0.15, 0.2) is 17.7 Å². The van der Waals surface area contributed by atoms with Crippen LogP contribution in [0.5, 0.6) is 5.75 Å². The molecule has 0 fully saturated rings. The van der Waals surface area contributed by atoms with Crippen molar-refractivity contribution in [1.29, 1.82) is 0 Å². The predicted octanol–water partition coefficient (Wildman–Crippen LogP) is 2.79. The van der Waals surface area contributed by atoms with E-state index < -0.39 is 17.7 Å². The minimum absolute atomic E-state index is 0.103. The minimum atomic E-state index is -1.01. The highest BCUT2D eigenvalue weighted by Crippen LogP contribution is 2.17. The normalized spacial score (nSPS) is 11.8. The van der Waals surface area contributed by atoms with Crippen molar-refractivity contribution in [2.75, 3.05) is 7.05 Å². The average Bonchev–Trinajstić information content (AvgIpc) is 2.51. The number of carbonyl (C=O) groups excluding carboxylic acids is 1. The first-order valence-electron chi connectivity index (χ1n) is 6.74. The first-order valence-corrected chi connectivity index (χ1v) is 6.74. The number of likely N-dealkylation sites (N-methyl/N-ethyl adjacent to an activating group) is 1. The number of benzene rings is 1. The Morgan fingerprint density at radius 1 is 1.27 bits per heavy atom. The number of carbonyl (C=O) groups is 1. The summed E-state index contributed by atoms with van der Waals surface area (Å²) < 4.78 is 31.3. The number of hydrogen-bond donors (Lipinski definition) is 0. The topological polar surface area (TPSA) is 42.4 Å². The molecule has 0 aliphatic heterocycles. The van der Waals surface area contributed by atoms with Crippen LogP contribution in [0.3, 0.4) is 0 Å². The molecule has 1 heterocycles. The van der Waals surface area contributed by atoms with E-state index in [1.807, 2.05) is 12.1 Å². The van der Waals surface area contributed by atoms with Gasteiger partial charge < -0.3 is 9.64 Å². The molecule has 0 radical (unpaired) electrons. The Bertz CT molecular complexity index is 650. The van der Waals surface area contributed by atoms with Crippen molar-refractivity contribution in [1.82, 2.24) is 9.88 Å². The Morgan fingerprint density at radius 2 is 2.05 bits per heavy atom. The van der Waals surface area contributed by atoms with E-state index in [0.717, 1.165) is 17.8 Å². The van der Waals surface area contributed by atoms with Crippen LogP contribution in [-0.4, -0.2) is 28.9 Å². The van der Waals surface area contributed by atoms with Gasteiger partial charge >= 0.3 is 0 Å². The molecule has 2 rings (SSSR count). The third-order valence-electron chi connectivity index (χ3n) is 3.05. The van der Waals surface area contributed by atoms with Gasteiger partial charge in [-0.15, -0.1) is 0 Å². The van der Waals surface area contributed by atoms with Crippen molar-refractivity contribution in [2.45, 2.75) is 19.6 Å². The fourth-order valence-electron chi connectivity index (χ4n) is 1.93. The largest absolute Gasteiger partial charge is 0.481 e. The van der Waals surface area contributed by atoms with E-state index in [-0.39, 0.29) is 11.7 Å². The molecule has 0 aliphatic carbocycles. The maximum atomic E-state index is 13.1. The predicted molar refractivity (Wildman–Crippen MR) is 77.2 cm³/mol. The maximum absolute atomic E-state index is 13.1. The minimum Gasteiger partial charge on any atom is -0.481 e. The summed E-state index contributed by atoms with van der Waals surface area (Å²) in [5, 5.41) is 0. The van der Waals surface area contributed by atoms with E-state index in [2.05, 4.69) is 4.98 Å². The van der Waals surface area contributed by atoms with Crippen molar-refractivity contribution >= 4 is 5.91 Å². The second-order valence-electron chi connectivity index (χ2n) is 4.85. The molecular weight excluding hydrogens is 290 g/mol. The van der Waals surface area contributed by atoms with E-state index >= 15 is 0 Å². The Hall–Kier alpha value is -2.50. The van der Waals surface area contributed by atoms with Crippen LogP contribution >= 0.6 is 0 Å². The van der Waals surface area contributed by atoms with Crippen LogP contribution in [0.1, 0.15) is 12.6 Å². The van der Waals surface area contributed by atoms with Gasteiger partial charge in [-0.05, 0) is 31.2 Å². The van der Waals surface area contributed by atoms with Gasteiger partial charge in [0, 0.05) is 19.3 Å². The molecule has 0 N–H and O–H groups in total. The van der Waals surface area contributed by atoms with Crippen LogP contribution < -0.4 is 4.74 Å². The molecule has 1 aromatic heterocycles. The molecule has 0 bridgehead atoms. The van der Waals surface area contributed by atoms with E-state index in [0.29, 0.717) is 6.54 Å². The molecular formula is C16H16F2N2O2. The molecule has 1 aromatic carbocycles. The summed E-state index contributed by atoms with van der Waals surface area (Å²) in [6.45, 7) is 1.89. The zero-order chi connectivity index (χ0) is 16.1. The van der Waals surface area contributed by atoms with Crippen LogP contribution in [0.4, 0.5) is 8.78 Å². The lowest BCUT2D eigenvalue weighted by atomic mass is 10.3. The molecule has 2 aromatic rings. The van der Waals surface area contributed by atoms with E-state index in [1.54, 1.807) is 26.2 Å². The van der Waals surface area contributed by atoms with Crippen LogP contribution in [-0.2, 0) is 11.3 Å². The second kappa shape index (κ2) is 6.98. The molecule has 4 nitrogen and oxygen atoms in total. The highest BCUT2D eigenvalue weighted by Gasteiger charge is 2.20. The number of pyridine rings is 1. The van der Waals surface area contributed by atoms with Crippen molar-refractivity contribution in [2.24, 2.45) is 0 Å². The number of ether oxygens (including phenoxy) is 1. The van der Waals surface area contributed by atoms with Crippen LogP contribution in [0.25, 0.3) is 0 Å². The highest BCUT2D eigenvalue weighted by atomic mass is 19.2. The lowest BCUT2D eigenvalue weighted by Crippen LogP contribution is -2.37. The highest BCUT2D eigenvalue weighted by molar-refractivity contribution is 5.80. The van der Waals surface area contributed by atoms with Crippen molar-refractivity contribution in [3.05, 3.63) is 59.9 Å². The Labute approximate surface area is 127 Å². The third kappa shape index (κ3) is 4.00. The standard InChI is InChI=1S/C16H16F2N2O2/c1-11(22-13-6-7-14(17)15(18)9-13)16(21)20(2)10-12-5-3-4-8-19-12/h3-9,11H,10H2,1-2H3/t11-/m1/s1. The fourth-order valence-corrected chi connectivity index (χ4v) is 1.93. The van der Waals surface area contributed by atoms with Gasteiger partial charge in [0.05, 0.1) is 12.2 Å². The van der Waals surface area contributed by atoms with Gasteiger partial charge in [-0.2, -0.15) is 0 Å². The number of hydrogen-bond acceptors (Lipinski definition) is 3. The summed E-state index contributed by atoms with van der Waals surface area (Å²) in [7, 11) is 1.63. The van der Waals surface area contributed by atoms with E-state index in [9.17, 15) is 13.6 Å². The number of aromatic nitrogens is 1. The smallest absolute Gasteiger partial charge is 0.263 e. The van der Waals surface area contributed by atoms with Crippen LogP contribution in [0.15, 0.2) is 42.6 Å². The zero-order valence-corrected chi connectivity index (χ0v) is 12.3. The van der Waals surface area contributed by atoms with Crippen molar-refractivity contribution < 1.29 is 18.3 Å². The maximum Gasteiger partial charge on any atom is 0.263 e. The fraction of sp³-hybridized carbons (Fsp3) is 0.250. The third-order valence-corrected chi connectivity index (χ3v) is 3.05. The van der Waals surface area contributed by atoms with Gasteiger partial charge in [-0.3, -0.25) is 9.78 Å². The molecule has 116 valence electrons. The van der Waals surface area contributed by atoms with Gasteiger partial charge in [-0.1, -0.05) is 6.07 Å². The first-order chi connectivity index (χ1) is 10.5. The average molecular weight is 306 g/mol. The number of amides is 1. The van der Waals surface area contributed by atoms with Gasteiger partial charge in [0.2, 0.25) is 0 Å². The molecule has 22 heavy (non-hydrogen) atoms. The molecule has 0 saturated heterocycles. The summed E-state index contributed by atoms with van der Waals surface area (Å²) in [5.74, 6) is -2.15. The first kappa shape index (κ1) is 15.9. The molecule has 0 spiro atoms. The van der Waals surface area contributed by atoms with E-state index in [1.165, 1.54) is 11.0 Å². The molecule has 0 unspecified atom stereocenters. The van der Waals surface area contributed by atoms with Crippen LogP contribution in [0.2, 0.25) is 0 Å². The Balaban J connectivity index is 1.97.